The van der Waals surface area contributed by atoms with E-state index in [4.69, 9.17) is 14.2 Å². The summed E-state index contributed by atoms with van der Waals surface area (Å²) in [5.41, 5.74) is 2.53. The van der Waals surface area contributed by atoms with Crippen LogP contribution in [0.2, 0.25) is 0 Å². The molecule has 0 bridgehead atoms. The fourth-order valence-electron chi connectivity index (χ4n) is 1.98. The van der Waals surface area contributed by atoms with Crippen molar-refractivity contribution in [2.45, 2.75) is 39.3 Å². The molecular formula is C14H18I2O3. The third-order valence-corrected chi connectivity index (χ3v) is 5.18. The summed E-state index contributed by atoms with van der Waals surface area (Å²) >= 11 is 4.71. The zero-order chi connectivity index (χ0) is 13.8. The van der Waals surface area contributed by atoms with Gasteiger partial charge in [-0.3, -0.25) is 0 Å². The molecule has 1 heterocycles. The first kappa shape index (κ1) is 15.9. The largest absolute Gasteiger partial charge is 0.371 e. The molecular weight excluding hydrogens is 470 g/mol. The second-order valence-electron chi connectivity index (χ2n) is 4.75. The van der Waals surface area contributed by atoms with Crippen molar-refractivity contribution in [1.82, 2.24) is 0 Å². The smallest absolute Gasteiger partial charge is 0.181 e. The predicted molar refractivity (Wildman–Crippen MR) is 91.2 cm³/mol. The Morgan fingerprint density at radius 3 is 2.89 bits per heavy atom. The normalized spacial score (nSPS) is 23.6. The van der Waals surface area contributed by atoms with Gasteiger partial charge in [0.05, 0.1) is 25.9 Å². The number of aryl methyl sites for hydroxylation is 1. The first-order valence-electron chi connectivity index (χ1n) is 6.35. The molecule has 2 unspecified atom stereocenters. The molecule has 1 aromatic rings. The molecule has 1 fully saturated rings. The highest BCUT2D eigenvalue weighted by Gasteiger charge is 2.19. The number of hydrogen-bond acceptors (Lipinski definition) is 3. The predicted octanol–water partition coefficient (Wildman–Crippen LogP) is 3.87. The molecule has 0 amide bonds. The molecule has 1 aromatic carbocycles. The lowest BCUT2D eigenvalue weighted by atomic mass is 10.1. The van der Waals surface area contributed by atoms with E-state index in [2.05, 4.69) is 71.2 Å². The number of rotatable bonds is 4. The highest BCUT2D eigenvalue weighted by molar-refractivity contribution is 14.1. The zero-order valence-corrected chi connectivity index (χ0v) is 15.4. The average Bonchev–Trinajstić information content (AvgIpc) is 2.35. The van der Waals surface area contributed by atoms with Gasteiger partial charge in [-0.1, -0.05) is 0 Å². The standard InChI is InChI=1S/C14H18I2O3/c1-9-5-12(15)6-11(14(9)16)7-17-8-13-18-4-3-10(2)19-13/h5-6,10,13H,3-4,7-8H2,1-2H3. The summed E-state index contributed by atoms with van der Waals surface area (Å²) in [6, 6.07) is 4.35. The monoisotopic (exact) mass is 488 g/mol. The highest BCUT2D eigenvalue weighted by atomic mass is 127. The first-order valence-corrected chi connectivity index (χ1v) is 8.51. The van der Waals surface area contributed by atoms with Crippen LogP contribution in [0, 0.1) is 14.1 Å². The van der Waals surface area contributed by atoms with Gasteiger partial charge < -0.3 is 14.2 Å². The molecule has 106 valence electrons. The van der Waals surface area contributed by atoms with Gasteiger partial charge in [0.2, 0.25) is 0 Å². The van der Waals surface area contributed by atoms with Crippen molar-refractivity contribution in [3.63, 3.8) is 0 Å². The Hall–Kier alpha value is 0.560. The Morgan fingerprint density at radius 2 is 2.16 bits per heavy atom. The number of hydrogen-bond donors (Lipinski definition) is 0. The van der Waals surface area contributed by atoms with E-state index < -0.39 is 0 Å². The first-order chi connectivity index (χ1) is 9.06. The summed E-state index contributed by atoms with van der Waals surface area (Å²) in [7, 11) is 0. The molecule has 0 spiro atoms. The van der Waals surface area contributed by atoms with Crippen molar-refractivity contribution in [3.8, 4) is 0 Å². The van der Waals surface area contributed by atoms with Gasteiger partial charge in [-0.2, -0.15) is 0 Å². The second kappa shape index (κ2) is 7.53. The summed E-state index contributed by atoms with van der Waals surface area (Å²) in [5.74, 6) is 0. The summed E-state index contributed by atoms with van der Waals surface area (Å²) in [4.78, 5) is 0. The SMILES string of the molecule is Cc1cc(I)cc(COCC2OCCC(C)O2)c1I. The van der Waals surface area contributed by atoms with Crippen LogP contribution in [0.5, 0.6) is 0 Å². The van der Waals surface area contributed by atoms with E-state index in [1.54, 1.807) is 0 Å². The second-order valence-corrected chi connectivity index (χ2v) is 7.07. The minimum atomic E-state index is -0.217. The van der Waals surface area contributed by atoms with Gasteiger partial charge in [-0.05, 0) is 88.7 Å². The molecule has 19 heavy (non-hydrogen) atoms. The van der Waals surface area contributed by atoms with Crippen LogP contribution >= 0.6 is 45.2 Å². The van der Waals surface area contributed by atoms with Crippen LogP contribution in [0.3, 0.4) is 0 Å². The molecule has 2 atom stereocenters. The Bertz CT molecular complexity index is 437. The lowest BCUT2D eigenvalue weighted by Gasteiger charge is -2.27. The zero-order valence-electron chi connectivity index (χ0n) is 11.1. The van der Waals surface area contributed by atoms with E-state index in [1.807, 2.05) is 0 Å². The molecule has 5 heteroatoms. The van der Waals surface area contributed by atoms with Gasteiger partial charge in [-0.25, -0.2) is 0 Å². The maximum atomic E-state index is 5.74. The Morgan fingerprint density at radius 1 is 1.37 bits per heavy atom. The Balaban J connectivity index is 1.85. The van der Waals surface area contributed by atoms with Gasteiger partial charge in [-0.15, -0.1) is 0 Å². The molecule has 0 aliphatic carbocycles. The van der Waals surface area contributed by atoms with Crippen molar-refractivity contribution in [1.29, 1.82) is 0 Å². The van der Waals surface area contributed by atoms with Gasteiger partial charge in [0.1, 0.15) is 0 Å². The quantitative estimate of drug-likeness (QED) is 0.603. The van der Waals surface area contributed by atoms with Crippen molar-refractivity contribution in [3.05, 3.63) is 30.4 Å². The van der Waals surface area contributed by atoms with E-state index in [-0.39, 0.29) is 12.4 Å². The molecule has 2 rings (SSSR count). The molecule has 0 saturated carbocycles. The van der Waals surface area contributed by atoms with E-state index in [0.717, 1.165) is 13.0 Å². The van der Waals surface area contributed by atoms with Crippen molar-refractivity contribution in [2.24, 2.45) is 0 Å². The van der Waals surface area contributed by atoms with Gasteiger partial charge in [0.15, 0.2) is 6.29 Å². The Labute approximate surface area is 141 Å². The summed E-state index contributed by atoms with van der Waals surface area (Å²) in [5, 5.41) is 0. The van der Waals surface area contributed by atoms with Gasteiger partial charge >= 0.3 is 0 Å². The molecule has 1 aliphatic heterocycles. The average molecular weight is 488 g/mol. The van der Waals surface area contributed by atoms with Crippen LogP contribution in [-0.4, -0.2) is 25.6 Å². The van der Waals surface area contributed by atoms with Crippen molar-refractivity contribution >= 4 is 45.2 Å². The van der Waals surface area contributed by atoms with Crippen LogP contribution in [0.25, 0.3) is 0 Å². The van der Waals surface area contributed by atoms with Crippen LogP contribution in [-0.2, 0) is 20.8 Å². The third kappa shape index (κ3) is 4.80. The van der Waals surface area contributed by atoms with Crippen LogP contribution in [0.1, 0.15) is 24.5 Å². The Kier molecular flexibility index (Phi) is 6.32. The van der Waals surface area contributed by atoms with E-state index in [9.17, 15) is 0 Å². The summed E-state index contributed by atoms with van der Waals surface area (Å²) < 4.78 is 19.4. The molecule has 1 aliphatic rings. The van der Waals surface area contributed by atoms with Gasteiger partial charge in [0, 0.05) is 7.14 Å². The molecule has 0 aromatic heterocycles. The maximum absolute atomic E-state index is 5.74. The van der Waals surface area contributed by atoms with E-state index in [1.165, 1.54) is 18.3 Å². The van der Waals surface area contributed by atoms with Gasteiger partial charge in [0.25, 0.3) is 0 Å². The molecule has 1 saturated heterocycles. The lowest BCUT2D eigenvalue weighted by molar-refractivity contribution is -0.229. The minimum absolute atomic E-state index is 0.217. The third-order valence-electron chi connectivity index (χ3n) is 3.02. The molecule has 0 N–H and O–H groups in total. The van der Waals surface area contributed by atoms with Crippen molar-refractivity contribution in [2.75, 3.05) is 13.2 Å². The highest BCUT2D eigenvalue weighted by Crippen LogP contribution is 2.21. The lowest BCUT2D eigenvalue weighted by Crippen LogP contribution is -2.33. The number of halogens is 2. The van der Waals surface area contributed by atoms with Crippen LogP contribution in [0.15, 0.2) is 12.1 Å². The molecule has 0 radical (unpaired) electrons. The topological polar surface area (TPSA) is 27.7 Å². The van der Waals surface area contributed by atoms with Crippen molar-refractivity contribution < 1.29 is 14.2 Å². The minimum Gasteiger partial charge on any atom is -0.371 e. The fraction of sp³-hybridized carbons (Fsp3) is 0.571. The summed E-state index contributed by atoms with van der Waals surface area (Å²) in [6.45, 7) is 6.05. The number of ether oxygens (including phenoxy) is 3. The van der Waals surface area contributed by atoms with Crippen LogP contribution in [0.4, 0.5) is 0 Å². The fourth-order valence-corrected chi connectivity index (χ4v) is 3.29. The van der Waals surface area contributed by atoms with Crippen LogP contribution < -0.4 is 0 Å². The van der Waals surface area contributed by atoms with E-state index in [0.29, 0.717) is 13.2 Å². The maximum Gasteiger partial charge on any atom is 0.181 e. The number of benzene rings is 1. The summed E-state index contributed by atoms with van der Waals surface area (Å²) in [6.07, 6.45) is 1.01. The molecule has 3 nitrogen and oxygen atoms in total. The van der Waals surface area contributed by atoms with E-state index >= 15 is 0 Å².